The van der Waals surface area contributed by atoms with Crippen LogP contribution in [0.5, 0.6) is 0 Å². The van der Waals surface area contributed by atoms with Crippen molar-refractivity contribution in [2.75, 3.05) is 6.54 Å². The highest BCUT2D eigenvalue weighted by molar-refractivity contribution is 5.28. The summed E-state index contributed by atoms with van der Waals surface area (Å²) in [6.45, 7) is 5.08. The van der Waals surface area contributed by atoms with Crippen molar-refractivity contribution >= 4 is 0 Å². The smallest absolute Gasteiger partial charge is 0.126 e. The molecule has 0 spiro atoms. The third kappa shape index (κ3) is 1.84. The summed E-state index contributed by atoms with van der Waals surface area (Å²) >= 11 is 0. The molecule has 1 unspecified atom stereocenters. The lowest BCUT2D eigenvalue weighted by atomic mass is 9.79. The Morgan fingerprint density at radius 2 is 1.81 bits per heavy atom. The molecule has 0 amide bonds. The largest absolute Gasteiger partial charge is 0.307 e. The number of halogens is 2. The van der Waals surface area contributed by atoms with Crippen molar-refractivity contribution in [2.24, 2.45) is 5.92 Å². The van der Waals surface area contributed by atoms with Crippen molar-refractivity contribution in [1.82, 2.24) is 5.32 Å². The topological polar surface area (TPSA) is 12.0 Å². The molecule has 1 aromatic rings. The molecule has 1 aromatic carbocycles. The van der Waals surface area contributed by atoms with E-state index in [1.54, 1.807) is 0 Å². The van der Waals surface area contributed by atoms with E-state index in [1.165, 1.54) is 12.1 Å². The minimum Gasteiger partial charge on any atom is -0.307 e. The molecule has 16 heavy (non-hydrogen) atoms. The molecule has 0 radical (unpaired) electrons. The molecule has 1 nitrogen and oxygen atoms in total. The van der Waals surface area contributed by atoms with Crippen LogP contribution in [0, 0.1) is 17.6 Å². The van der Waals surface area contributed by atoms with Gasteiger partial charge in [0.15, 0.2) is 0 Å². The van der Waals surface area contributed by atoms with Gasteiger partial charge >= 0.3 is 0 Å². The van der Waals surface area contributed by atoms with Crippen LogP contribution in [0.4, 0.5) is 8.78 Å². The SMILES string of the molecule is CC(C)C1(c2cc(F)cc(F)c2)CCCN1. The van der Waals surface area contributed by atoms with Crippen LogP contribution in [0.15, 0.2) is 18.2 Å². The molecule has 3 heteroatoms. The van der Waals surface area contributed by atoms with Gasteiger partial charge in [-0.05, 0) is 43.0 Å². The van der Waals surface area contributed by atoms with Crippen molar-refractivity contribution in [3.05, 3.63) is 35.4 Å². The van der Waals surface area contributed by atoms with E-state index in [0.29, 0.717) is 5.92 Å². The van der Waals surface area contributed by atoms with Crippen LogP contribution in [0.25, 0.3) is 0 Å². The maximum Gasteiger partial charge on any atom is 0.126 e. The predicted molar refractivity (Wildman–Crippen MR) is 60.1 cm³/mol. The summed E-state index contributed by atoms with van der Waals surface area (Å²) in [5.41, 5.74) is 0.473. The molecule has 0 bridgehead atoms. The van der Waals surface area contributed by atoms with Crippen molar-refractivity contribution < 1.29 is 8.78 Å². The highest BCUT2D eigenvalue weighted by atomic mass is 19.1. The van der Waals surface area contributed by atoms with Gasteiger partial charge in [0.25, 0.3) is 0 Å². The third-order valence-electron chi connectivity index (χ3n) is 3.55. The lowest BCUT2D eigenvalue weighted by Crippen LogP contribution is -2.41. The van der Waals surface area contributed by atoms with Gasteiger partial charge in [-0.1, -0.05) is 13.8 Å². The van der Waals surface area contributed by atoms with Gasteiger partial charge in [-0.2, -0.15) is 0 Å². The van der Waals surface area contributed by atoms with Crippen LogP contribution in [-0.4, -0.2) is 6.54 Å². The molecule has 0 aliphatic carbocycles. The highest BCUT2D eigenvalue weighted by Gasteiger charge is 2.38. The van der Waals surface area contributed by atoms with Crippen LogP contribution in [0.1, 0.15) is 32.3 Å². The molecule has 1 fully saturated rings. The van der Waals surface area contributed by atoms with Crippen LogP contribution in [0.3, 0.4) is 0 Å². The van der Waals surface area contributed by atoms with E-state index < -0.39 is 11.6 Å². The van der Waals surface area contributed by atoms with Crippen molar-refractivity contribution in [2.45, 2.75) is 32.2 Å². The summed E-state index contributed by atoms with van der Waals surface area (Å²) in [6.07, 6.45) is 1.99. The molecule has 2 rings (SSSR count). The highest BCUT2D eigenvalue weighted by Crippen LogP contribution is 2.38. The molecule has 0 aromatic heterocycles. The predicted octanol–water partition coefficient (Wildman–Crippen LogP) is 3.20. The Balaban J connectivity index is 2.47. The second-order valence-electron chi connectivity index (χ2n) is 4.81. The molecule has 0 saturated carbocycles. The van der Waals surface area contributed by atoms with E-state index in [4.69, 9.17) is 0 Å². The monoisotopic (exact) mass is 225 g/mol. The number of hydrogen-bond acceptors (Lipinski definition) is 1. The minimum atomic E-state index is -0.497. The molecule has 1 aliphatic heterocycles. The van der Waals surface area contributed by atoms with Gasteiger partial charge in [-0.3, -0.25) is 0 Å². The summed E-state index contributed by atoms with van der Waals surface area (Å²) in [6, 6.07) is 3.81. The third-order valence-corrected chi connectivity index (χ3v) is 3.55. The summed E-state index contributed by atoms with van der Waals surface area (Å²) in [4.78, 5) is 0. The van der Waals surface area contributed by atoms with Gasteiger partial charge in [-0.25, -0.2) is 8.78 Å². The molecular weight excluding hydrogens is 208 g/mol. The Bertz CT molecular complexity index is 361. The zero-order valence-electron chi connectivity index (χ0n) is 9.69. The fourth-order valence-electron chi connectivity index (χ4n) is 2.65. The number of benzene rings is 1. The summed E-state index contributed by atoms with van der Waals surface area (Å²) < 4.78 is 26.5. The van der Waals surface area contributed by atoms with Crippen molar-refractivity contribution in [3.8, 4) is 0 Å². The van der Waals surface area contributed by atoms with E-state index in [9.17, 15) is 8.78 Å². The van der Waals surface area contributed by atoms with Gasteiger partial charge in [0.05, 0.1) is 0 Å². The summed E-state index contributed by atoms with van der Waals surface area (Å²) in [5.74, 6) is -0.677. The van der Waals surface area contributed by atoms with Gasteiger partial charge in [0.1, 0.15) is 11.6 Å². The van der Waals surface area contributed by atoms with E-state index in [0.717, 1.165) is 31.0 Å². The molecule has 1 heterocycles. The maximum atomic E-state index is 13.2. The zero-order chi connectivity index (χ0) is 11.8. The lowest BCUT2D eigenvalue weighted by molar-refractivity contribution is 0.275. The Kier molecular flexibility index (Phi) is 2.98. The molecule has 1 saturated heterocycles. The van der Waals surface area contributed by atoms with Gasteiger partial charge in [-0.15, -0.1) is 0 Å². The molecule has 1 atom stereocenters. The van der Waals surface area contributed by atoms with Crippen LogP contribution >= 0.6 is 0 Å². The summed E-state index contributed by atoms with van der Waals surface area (Å²) in [7, 11) is 0. The van der Waals surface area contributed by atoms with Crippen molar-refractivity contribution in [3.63, 3.8) is 0 Å². The first kappa shape index (κ1) is 11.5. The zero-order valence-corrected chi connectivity index (χ0v) is 9.69. The molecular formula is C13H17F2N. The molecule has 1 N–H and O–H groups in total. The van der Waals surface area contributed by atoms with Crippen LogP contribution < -0.4 is 5.32 Å². The van der Waals surface area contributed by atoms with Crippen LogP contribution in [-0.2, 0) is 5.54 Å². The van der Waals surface area contributed by atoms with E-state index in [-0.39, 0.29) is 5.54 Å². The van der Waals surface area contributed by atoms with E-state index in [2.05, 4.69) is 19.2 Å². The Morgan fingerprint density at radius 3 is 2.25 bits per heavy atom. The lowest BCUT2D eigenvalue weighted by Gasteiger charge is -2.34. The first-order valence-corrected chi connectivity index (χ1v) is 5.76. The molecule has 1 aliphatic rings. The fraction of sp³-hybridized carbons (Fsp3) is 0.538. The van der Waals surface area contributed by atoms with Crippen molar-refractivity contribution in [1.29, 1.82) is 0 Å². The average Bonchev–Trinajstić information content (AvgIpc) is 2.65. The van der Waals surface area contributed by atoms with Gasteiger partial charge < -0.3 is 5.32 Å². The normalized spacial score (nSPS) is 25.3. The Labute approximate surface area is 94.9 Å². The van der Waals surface area contributed by atoms with Gasteiger partial charge in [0.2, 0.25) is 0 Å². The number of nitrogens with one attached hydrogen (secondary N) is 1. The first-order valence-electron chi connectivity index (χ1n) is 5.76. The maximum absolute atomic E-state index is 13.2. The number of hydrogen-bond donors (Lipinski definition) is 1. The molecule has 88 valence electrons. The fourth-order valence-corrected chi connectivity index (χ4v) is 2.65. The standard InChI is InChI=1S/C13H17F2N/c1-9(2)13(4-3-5-16-13)10-6-11(14)8-12(15)7-10/h6-9,16H,3-5H2,1-2H3. The minimum absolute atomic E-state index is 0.261. The Hall–Kier alpha value is -0.960. The van der Waals surface area contributed by atoms with Gasteiger partial charge in [0, 0.05) is 11.6 Å². The van der Waals surface area contributed by atoms with E-state index in [1.807, 2.05) is 0 Å². The number of rotatable bonds is 2. The second-order valence-corrected chi connectivity index (χ2v) is 4.81. The average molecular weight is 225 g/mol. The van der Waals surface area contributed by atoms with E-state index >= 15 is 0 Å². The summed E-state index contributed by atoms with van der Waals surface area (Å²) in [5, 5.41) is 3.41. The first-order chi connectivity index (χ1) is 7.54. The second kappa shape index (κ2) is 4.13. The quantitative estimate of drug-likeness (QED) is 0.815. The Morgan fingerprint density at radius 1 is 1.19 bits per heavy atom. The van der Waals surface area contributed by atoms with Crippen LogP contribution in [0.2, 0.25) is 0 Å².